The van der Waals surface area contributed by atoms with Crippen molar-refractivity contribution in [1.82, 2.24) is 4.57 Å². The van der Waals surface area contributed by atoms with Gasteiger partial charge >= 0.3 is 5.97 Å². The monoisotopic (exact) mass is 538 g/mol. The number of carbonyl (C=O) groups is 1. The van der Waals surface area contributed by atoms with Crippen LogP contribution >= 0.6 is 11.3 Å². The van der Waals surface area contributed by atoms with Gasteiger partial charge in [0.05, 0.1) is 28.5 Å². The highest BCUT2D eigenvalue weighted by Crippen LogP contribution is 2.34. The molecule has 0 amide bonds. The van der Waals surface area contributed by atoms with E-state index in [1.807, 2.05) is 42.5 Å². The molecule has 5 aromatic rings. The van der Waals surface area contributed by atoms with Gasteiger partial charge in [-0.15, -0.1) is 0 Å². The van der Waals surface area contributed by atoms with Gasteiger partial charge < -0.3 is 9.15 Å². The number of allylic oxidation sites excluding steroid dienone is 1. The van der Waals surface area contributed by atoms with Crippen LogP contribution in [-0.2, 0) is 9.53 Å². The number of furan rings is 1. The molecule has 0 fully saturated rings. The Kier molecular flexibility index (Phi) is 6.32. The average Bonchev–Trinajstić information content (AvgIpc) is 3.52. The molecule has 0 aliphatic carbocycles. The molecule has 6 nitrogen and oxygen atoms in total. The van der Waals surface area contributed by atoms with Crippen LogP contribution in [0.5, 0.6) is 0 Å². The first kappa shape index (κ1) is 24.8. The van der Waals surface area contributed by atoms with Gasteiger partial charge in [0.2, 0.25) is 0 Å². The highest BCUT2D eigenvalue weighted by Gasteiger charge is 2.34. The molecule has 8 heteroatoms. The number of hydrogen-bond donors (Lipinski definition) is 0. The van der Waals surface area contributed by atoms with Gasteiger partial charge in [-0.05, 0) is 66.6 Å². The summed E-state index contributed by atoms with van der Waals surface area (Å²) in [6, 6.07) is 22.6. The minimum absolute atomic E-state index is 0.206. The molecule has 1 aliphatic rings. The van der Waals surface area contributed by atoms with Crippen LogP contribution in [0, 0.1) is 5.82 Å². The number of aromatic nitrogens is 1. The van der Waals surface area contributed by atoms with E-state index in [1.165, 1.54) is 23.5 Å². The number of hydrogen-bond acceptors (Lipinski definition) is 6. The lowest BCUT2D eigenvalue weighted by atomic mass is 9.91. The molecule has 1 aliphatic heterocycles. The van der Waals surface area contributed by atoms with Crippen LogP contribution in [0.1, 0.15) is 31.2 Å². The summed E-state index contributed by atoms with van der Waals surface area (Å²) in [5.41, 5.74) is 2.10. The van der Waals surface area contributed by atoms with Gasteiger partial charge in [-0.25, -0.2) is 14.2 Å². The summed E-state index contributed by atoms with van der Waals surface area (Å²) < 4.78 is 26.7. The summed E-state index contributed by atoms with van der Waals surface area (Å²) in [4.78, 5) is 32.2. The Bertz CT molecular complexity index is 1940. The van der Waals surface area contributed by atoms with E-state index in [4.69, 9.17) is 9.15 Å². The van der Waals surface area contributed by atoms with E-state index >= 15 is 0 Å². The quantitative estimate of drug-likeness (QED) is 0.283. The molecule has 39 heavy (non-hydrogen) atoms. The fourth-order valence-electron chi connectivity index (χ4n) is 4.90. The fourth-order valence-corrected chi connectivity index (χ4v) is 5.93. The molecule has 0 N–H and O–H groups in total. The molecule has 0 saturated carbocycles. The number of thiazole rings is 1. The Morgan fingerprint density at radius 1 is 1.08 bits per heavy atom. The van der Waals surface area contributed by atoms with E-state index in [0.29, 0.717) is 32.1 Å². The van der Waals surface area contributed by atoms with Crippen LogP contribution in [0.2, 0.25) is 0 Å². The van der Waals surface area contributed by atoms with Gasteiger partial charge in [-0.1, -0.05) is 53.8 Å². The van der Waals surface area contributed by atoms with Gasteiger partial charge in [0.15, 0.2) is 4.80 Å². The van der Waals surface area contributed by atoms with E-state index in [0.717, 1.165) is 21.9 Å². The van der Waals surface area contributed by atoms with E-state index in [9.17, 15) is 14.0 Å². The predicted octanol–water partition coefficient (Wildman–Crippen LogP) is 5.35. The fraction of sp³-hybridized carbons (Fsp3) is 0.129. The van der Waals surface area contributed by atoms with Crippen molar-refractivity contribution in [3.05, 3.63) is 127 Å². The third-order valence-electron chi connectivity index (χ3n) is 6.66. The second-order valence-electron chi connectivity index (χ2n) is 9.08. The second kappa shape index (κ2) is 9.96. The summed E-state index contributed by atoms with van der Waals surface area (Å²) >= 11 is 1.23. The van der Waals surface area contributed by atoms with Crippen molar-refractivity contribution in [2.24, 2.45) is 4.99 Å². The van der Waals surface area contributed by atoms with Crippen molar-refractivity contribution < 1.29 is 18.3 Å². The highest BCUT2D eigenvalue weighted by atomic mass is 32.1. The van der Waals surface area contributed by atoms with Crippen molar-refractivity contribution in [2.75, 3.05) is 6.61 Å². The molecule has 194 valence electrons. The zero-order valence-electron chi connectivity index (χ0n) is 21.2. The lowest BCUT2D eigenvalue weighted by Gasteiger charge is -2.25. The Balaban J connectivity index is 1.53. The molecule has 2 aromatic heterocycles. The zero-order valence-corrected chi connectivity index (χ0v) is 22.0. The summed E-state index contributed by atoms with van der Waals surface area (Å²) in [5, 5.41) is 1.94. The zero-order chi connectivity index (χ0) is 27.1. The van der Waals surface area contributed by atoms with E-state index < -0.39 is 12.0 Å². The molecule has 6 rings (SSSR count). The lowest BCUT2D eigenvalue weighted by Crippen LogP contribution is -2.40. The first-order valence-electron chi connectivity index (χ1n) is 12.5. The number of rotatable bonds is 5. The number of esters is 1. The lowest BCUT2D eigenvalue weighted by molar-refractivity contribution is -0.139. The molecule has 0 radical (unpaired) electrons. The second-order valence-corrected chi connectivity index (χ2v) is 10.1. The third-order valence-corrected chi connectivity index (χ3v) is 7.65. The molecule has 0 saturated heterocycles. The molecule has 3 aromatic carbocycles. The summed E-state index contributed by atoms with van der Waals surface area (Å²) in [6.45, 7) is 3.72. The Morgan fingerprint density at radius 2 is 1.85 bits per heavy atom. The first-order chi connectivity index (χ1) is 18.9. The molecule has 1 unspecified atom stereocenters. The molecular weight excluding hydrogens is 515 g/mol. The van der Waals surface area contributed by atoms with Crippen molar-refractivity contribution in [3.63, 3.8) is 0 Å². The maximum Gasteiger partial charge on any atom is 0.338 e. The van der Waals surface area contributed by atoms with Gasteiger partial charge in [0.1, 0.15) is 17.3 Å². The molecule has 3 heterocycles. The molecule has 0 bridgehead atoms. The molecule has 0 spiro atoms. The summed E-state index contributed by atoms with van der Waals surface area (Å²) in [5.74, 6) is 0.205. The standard InChI is InChI=1S/C31H23FN2O4S/c1-3-37-30(36)27-18(2)33-31-34(28(27)24-10-6-8-19-7-4-5-9-23(19)24)29(35)26(39-31)17-22-15-16-25(38-22)20-11-13-21(32)14-12-20/h4-17,28H,3H2,1-2H3. The Morgan fingerprint density at radius 3 is 2.64 bits per heavy atom. The predicted molar refractivity (Wildman–Crippen MR) is 148 cm³/mol. The summed E-state index contributed by atoms with van der Waals surface area (Å²) in [6.07, 6.45) is 1.67. The van der Waals surface area contributed by atoms with Crippen LogP contribution < -0.4 is 14.9 Å². The number of nitrogens with zero attached hydrogens (tertiary/aromatic N) is 2. The van der Waals surface area contributed by atoms with Gasteiger partial charge in [-0.2, -0.15) is 0 Å². The van der Waals surface area contributed by atoms with Crippen LogP contribution in [0.4, 0.5) is 4.39 Å². The number of halogens is 1. The largest absolute Gasteiger partial charge is 0.463 e. The van der Waals surface area contributed by atoms with Gasteiger partial charge in [0, 0.05) is 11.6 Å². The number of carbonyl (C=O) groups excluding carboxylic acids is 1. The normalized spacial score (nSPS) is 15.4. The van der Waals surface area contributed by atoms with Crippen molar-refractivity contribution in [3.8, 4) is 11.3 Å². The summed E-state index contributed by atoms with van der Waals surface area (Å²) in [7, 11) is 0. The topological polar surface area (TPSA) is 73.8 Å². The third kappa shape index (κ3) is 4.42. The number of benzene rings is 3. The minimum atomic E-state index is -0.708. The van der Waals surface area contributed by atoms with Gasteiger partial charge in [-0.3, -0.25) is 9.36 Å². The minimum Gasteiger partial charge on any atom is -0.463 e. The molecule has 1 atom stereocenters. The van der Waals surface area contributed by atoms with Crippen molar-refractivity contribution in [1.29, 1.82) is 0 Å². The highest BCUT2D eigenvalue weighted by molar-refractivity contribution is 7.07. The average molecular weight is 539 g/mol. The van der Waals surface area contributed by atoms with Crippen LogP contribution in [0.3, 0.4) is 0 Å². The maximum atomic E-state index is 13.9. The van der Waals surface area contributed by atoms with Crippen molar-refractivity contribution >= 4 is 34.2 Å². The number of ether oxygens (including phenoxy) is 1. The van der Waals surface area contributed by atoms with Gasteiger partial charge in [0.25, 0.3) is 5.56 Å². The maximum absolute atomic E-state index is 13.9. The molecular formula is C31H23FN2O4S. The van der Waals surface area contributed by atoms with E-state index in [2.05, 4.69) is 4.99 Å². The van der Waals surface area contributed by atoms with Crippen molar-refractivity contribution in [2.45, 2.75) is 19.9 Å². The van der Waals surface area contributed by atoms with E-state index in [-0.39, 0.29) is 18.0 Å². The Labute approximate surface area is 226 Å². The number of fused-ring (bicyclic) bond motifs is 2. The van der Waals surface area contributed by atoms with Crippen LogP contribution in [-0.4, -0.2) is 17.1 Å². The van der Waals surface area contributed by atoms with Crippen LogP contribution in [0.15, 0.2) is 104 Å². The SMILES string of the molecule is CCOC(=O)C1=C(C)N=c2sc(=Cc3ccc(-c4ccc(F)cc4)o3)c(=O)n2C1c1cccc2ccccc12. The van der Waals surface area contributed by atoms with E-state index in [1.54, 1.807) is 48.8 Å². The smallest absolute Gasteiger partial charge is 0.338 e. The Hall–Kier alpha value is -4.56. The first-order valence-corrected chi connectivity index (χ1v) is 13.3. The van der Waals surface area contributed by atoms with Crippen LogP contribution in [0.25, 0.3) is 28.2 Å².